The number of para-hydroxylation sites is 1. The Hall–Kier alpha value is -3.00. The Morgan fingerprint density at radius 1 is 1.06 bits per heavy atom. The molecule has 3 amide bonds. The van der Waals surface area contributed by atoms with Crippen molar-refractivity contribution >= 4 is 36.2 Å². The number of amides is 3. The number of anilines is 1. The third-order valence-electron chi connectivity index (χ3n) is 6.03. The van der Waals surface area contributed by atoms with E-state index < -0.39 is 23.8 Å². The van der Waals surface area contributed by atoms with Gasteiger partial charge >= 0.3 is 6.09 Å². The van der Waals surface area contributed by atoms with Gasteiger partial charge < -0.3 is 20.3 Å². The zero-order valence-corrected chi connectivity index (χ0v) is 22.8. The number of aryl methyl sites for hydroxylation is 3. The highest BCUT2D eigenvalue weighted by atomic mass is 32.1. The van der Waals surface area contributed by atoms with Crippen LogP contribution in [0.4, 0.5) is 10.5 Å². The number of hydrogen-bond donors (Lipinski definition) is 3. The summed E-state index contributed by atoms with van der Waals surface area (Å²) in [4.78, 5) is 41.9. The molecule has 0 aliphatic heterocycles. The van der Waals surface area contributed by atoms with Crippen LogP contribution in [0, 0.1) is 20.8 Å². The van der Waals surface area contributed by atoms with Crippen LogP contribution in [-0.2, 0) is 14.3 Å². The molecule has 36 heavy (non-hydrogen) atoms. The molecule has 2 N–H and O–H groups in total. The minimum atomic E-state index is -0.942. The lowest BCUT2D eigenvalue weighted by molar-refractivity contribution is -0.141. The topological polar surface area (TPSA) is 87.7 Å². The second kappa shape index (κ2) is 11.4. The highest BCUT2D eigenvalue weighted by Crippen LogP contribution is 2.37. The molecule has 0 bridgehead atoms. The Labute approximate surface area is 219 Å². The highest BCUT2D eigenvalue weighted by Gasteiger charge is 2.44. The standard InChI is InChI=1S/C28H37N3O4S/c1-17-11-12-18(2)21(15-17)24(25(32)29-22-10-8-7-9-19(22)3)31(20-13-14-20)26(33)23(16-36)30-27(34)35-28(4,5)6/h7-12,15,20,23-24,36H,13-14,16H2,1-6H3,(H,29,32)(H,30,34). The van der Waals surface area contributed by atoms with Crippen molar-refractivity contribution in [3.05, 3.63) is 64.7 Å². The first-order valence-corrected chi connectivity index (χ1v) is 12.9. The number of nitrogens with one attached hydrogen (secondary N) is 2. The van der Waals surface area contributed by atoms with Gasteiger partial charge in [-0.25, -0.2) is 4.79 Å². The lowest BCUT2D eigenvalue weighted by Crippen LogP contribution is -2.54. The molecule has 1 saturated carbocycles. The van der Waals surface area contributed by atoms with E-state index in [1.165, 1.54) is 0 Å². The van der Waals surface area contributed by atoms with Crippen LogP contribution >= 0.6 is 12.6 Å². The van der Waals surface area contributed by atoms with Crippen molar-refractivity contribution in [1.29, 1.82) is 0 Å². The van der Waals surface area contributed by atoms with Crippen LogP contribution < -0.4 is 10.6 Å². The molecule has 0 saturated heterocycles. The lowest BCUT2D eigenvalue weighted by atomic mass is 9.96. The summed E-state index contributed by atoms with van der Waals surface area (Å²) in [5, 5.41) is 5.69. The monoisotopic (exact) mass is 511 g/mol. The summed E-state index contributed by atoms with van der Waals surface area (Å²) in [6.45, 7) is 11.1. The summed E-state index contributed by atoms with van der Waals surface area (Å²) in [6, 6.07) is 11.5. The molecule has 0 heterocycles. The number of carbonyl (C=O) groups is 3. The van der Waals surface area contributed by atoms with Gasteiger partial charge in [-0.2, -0.15) is 12.6 Å². The maximum Gasteiger partial charge on any atom is 0.408 e. The van der Waals surface area contributed by atoms with E-state index in [2.05, 4.69) is 23.3 Å². The van der Waals surface area contributed by atoms with Crippen molar-refractivity contribution in [1.82, 2.24) is 10.2 Å². The number of thiol groups is 1. The summed E-state index contributed by atoms with van der Waals surface area (Å²) >= 11 is 4.34. The summed E-state index contributed by atoms with van der Waals surface area (Å²) < 4.78 is 5.36. The van der Waals surface area contributed by atoms with Gasteiger partial charge in [-0.1, -0.05) is 42.0 Å². The van der Waals surface area contributed by atoms with Crippen molar-refractivity contribution in [2.24, 2.45) is 0 Å². The average molecular weight is 512 g/mol. The van der Waals surface area contributed by atoms with E-state index in [9.17, 15) is 14.4 Å². The normalized spacial score (nSPS) is 15.0. The number of ether oxygens (including phenoxy) is 1. The van der Waals surface area contributed by atoms with Gasteiger partial charge in [-0.3, -0.25) is 9.59 Å². The molecule has 8 heteroatoms. The van der Waals surface area contributed by atoms with Crippen molar-refractivity contribution in [2.75, 3.05) is 11.1 Å². The van der Waals surface area contributed by atoms with Crippen LogP contribution in [0.15, 0.2) is 42.5 Å². The van der Waals surface area contributed by atoms with Crippen molar-refractivity contribution < 1.29 is 19.1 Å². The Kier molecular flexibility index (Phi) is 8.71. The van der Waals surface area contributed by atoms with Crippen LogP contribution in [0.1, 0.15) is 61.9 Å². The first-order valence-electron chi connectivity index (χ1n) is 12.3. The fourth-order valence-electron chi connectivity index (χ4n) is 4.07. The number of benzene rings is 2. The Bertz CT molecular complexity index is 1120. The van der Waals surface area contributed by atoms with E-state index in [0.29, 0.717) is 5.69 Å². The fourth-order valence-corrected chi connectivity index (χ4v) is 4.32. The van der Waals surface area contributed by atoms with Gasteiger partial charge in [0.2, 0.25) is 5.91 Å². The minimum Gasteiger partial charge on any atom is -0.444 e. The lowest BCUT2D eigenvalue weighted by Gasteiger charge is -2.35. The molecular formula is C28H37N3O4S. The fraction of sp³-hybridized carbons (Fsp3) is 0.464. The van der Waals surface area contributed by atoms with E-state index in [0.717, 1.165) is 35.1 Å². The van der Waals surface area contributed by atoms with Gasteiger partial charge in [0.1, 0.15) is 17.7 Å². The predicted molar refractivity (Wildman–Crippen MR) is 145 cm³/mol. The quantitative estimate of drug-likeness (QED) is 0.430. The second-order valence-electron chi connectivity index (χ2n) is 10.4. The molecule has 1 aliphatic rings. The zero-order valence-electron chi connectivity index (χ0n) is 21.9. The summed E-state index contributed by atoms with van der Waals surface area (Å²) in [5.41, 5.74) is 3.57. The molecule has 2 unspecified atom stereocenters. The number of carbonyl (C=O) groups excluding carboxylic acids is 3. The molecule has 1 fully saturated rings. The van der Waals surface area contributed by atoms with Gasteiger partial charge in [0.25, 0.3) is 5.91 Å². The smallest absolute Gasteiger partial charge is 0.408 e. The molecule has 0 radical (unpaired) electrons. The Morgan fingerprint density at radius 3 is 2.31 bits per heavy atom. The molecule has 7 nitrogen and oxygen atoms in total. The van der Waals surface area contributed by atoms with Crippen LogP contribution in [0.25, 0.3) is 0 Å². The van der Waals surface area contributed by atoms with Crippen LogP contribution in [0.3, 0.4) is 0 Å². The van der Waals surface area contributed by atoms with Crippen LogP contribution in [0.2, 0.25) is 0 Å². The summed E-state index contributed by atoms with van der Waals surface area (Å²) in [7, 11) is 0. The van der Waals surface area contributed by atoms with Crippen molar-refractivity contribution in [3.63, 3.8) is 0 Å². The number of nitrogens with zero attached hydrogens (tertiary/aromatic N) is 1. The molecule has 2 aromatic rings. The number of alkyl carbamates (subject to hydrolysis) is 1. The third kappa shape index (κ3) is 7.03. The molecule has 0 aromatic heterocycles. The van der Waals surface area contributed by atoms with Gasteiger partial charge in [-0.05, 0) is 77.1 Å². The van der Waals surface area contributed by atoms with Gasteiger partial charge in [0.15, 0.2) is 0 Å². The van der Waals surface area contributed by atoms with E-state index in [4.69, 9.17) is 4.74 Å². The molecule has 2 atom stereocenters. The SMILES string of the molecule is Cc1ccc(C)c(C(C(=O)Nc2ccccc2C)N(C(=O)C(CS)NC(=O)OC(C)(C)C)C2CC2)c1. The third-order valence-corrected chi connectivity index (χ3v) is 6.39. The molecule has 0 spiro atoms. The maximum atomic E-state index is 13.9. The first kappa shape index (κ1) is 27.6. The van der Waals surface area contributed by atoms with Crippen molar-refractivity contribution in [3.8, 4) is 0 Å². The van der Waals surface area contributed by atoms with E-state index in [1.54, 1.807) is 25.7 Å². The zero-order chi connectivity index (χ0) is 26.6. The molecule has 3 rings (SSSR count). The summed E-state index contributed by atoms with van der Waals surface area (Å²) in [5.74, 6) is -0.585. The Morgan fingerprint density at radius 2 is 1.72 bits per heavy atom. The van der Waals surface area contributed by atoms with Crippen molar-refractivity contribution in [2.45, 2.75) is 78.1 Å². The van der Waals surface area contributed by atoms with E-state index >= 15 is 0 Å². The number of rotatable bonds is 8. The highest BCUT2D eigenvalue weighted by molar-refractivity contribution is 7.80. The van der Waals surface area contributed by atoms with Crippen LogP contribution in [-0.4, -0.2) is 46.2 Å². The molecule has 1 aliphatic carbocycles. The average Bonchev–Trinajstić information content (AvgIpc) is 3.62. The van der Waals surface area contributed by atoms with Gasteiger partial charge in [-0.15, -0.1) is 0 Å². The second-order valence-corrected chi connectivity index (χ2v) is 10.8. The first-order chi connectivity index (χ1) is 16.9. The molecule has 2 aromatic carbocycles. The van der Waals surface area contributed by atoms with E-state index in [-0.39, 0.29) is 23.6 Å². The van der Waals surface area contributed by atoms with Gasteiger partial charge in [0, 0.05) is 17.5 Å². The van der Waals surface area contributed by atoms with E-state index in [1.807, 2.05) is 63.2 Å². The van der Waals surface area contributed by atoms with Gasteiger partial charge in [0.05, 0.1) is 0 Å². The minimum absolute atomic E-state index is 0.0697. The largest absolute Gasteiger partial charge is 0.444 e. The summed E-state index contributed by atoms with van der Waals surface area (Å²) in [6.07, 6.45) is 0.880. The molecule has 194 valence electrons. The Balaban J connectivity index is 2.00. The maximum absolute atomic E-state index is 13.9. The number of hydrogen-bond acceptors (Lipinski definition) is 5. The predicted octanol–water partition coefficient (Wildman–Crippen LogP) is 5.11. The van der Waals surface area contributed by atoms with Crippen LogP contribution in [0.5, 0.6) is 0 Å². The molecular weight excluding hydrogens is 474 g/mol.